The van der Waals surface area contributed by atoms with Crippen LogP contribution in [-0.4, -0.2) is 46.9 Å². The molecule has 1 heterocycles. The van der Waals surface area contributed by atoms with Gasteiger partial charge in [-0.1, -0.05) is 0 Å². The first-order chi connectivity index (χ1) is 12.9. The SMILES string of the molecule is O=C(O)C1CCC(NC(=O)N2CCC(C(=O)c3ccc(F)cc3)CC2)CC1. The molecule has 0 aromatic heterocycles. The number of carboxylic acids is 1. The molecule has 1 aromatic carbocycles. The number of Topliss-reactive ketones (excluding diaryl/α,β-unsaturated/α-hetero) is 1. The highest BCUT2D eigenvalue weighted by atomic mass is 19.1. The van der Waals surface area contributed by atoms with E-state index in [1.165, 1.54) is 24.3 Å². The van der Waals surface area contributed by atoms with Crippen molar-refractivity contribution in [3.63, 3.8) is 0 Å². The van der Waals surface area contributed by atoms with Gasteiger partial charge < -0.3 is 15.3 Å². The van der Waals surface area contributed by atoms with Crippen molar-refractivity contribution in [2.75, 3.05) is 13.1 Å². The van der Waals surface area contributed by atoms with Crippen LogP contribution in [0.5, 0.6) is 0 Å². The Balaban J connectivity index is 1.45. The number of ketones is 1. The summed E-state index contributed by atoms with van der Waals surface area (Å²) in [5, 5.41) is 12.0. The molecule has 1 saturated heterocycles. The fourth-order valence-corrected chi connectivity index (χ4v) is 3.95. The second-order valence-electron chi connectivity index (χ2n) is 7.47. The summed E-state index contributed by atoms with van der Waals surface area (Å²) in [6.07, 6.45) is 3.73. The van der Waals surface area contributed by atoms with Crippen molar-refractivity contribution >= 4 is 17.8 Å². The number of rotatable bonds is 4. The smallest absolute Gasteiger partial charge is 0.317 e. The van der Waals surface area contributed by atoms with Crippen LogP contribution in [0.15, 0.2) is 24.3 Å². The molecule has 2 fully saturated rings. The van der Waals surface area contributed by atoms with Gasteiger partial charge in [0.25, 0.3) is 0 Å². The van der Waals surface area contributed by atoms with Gasteiger partial charge in [-0.3, -0.25) is 9.59 Å². The molecule has 146 valence electrons. The quantitative estimate of drug-likeness (QED) is 0.791. The third kappa shape index (κ3) is 4.84. The van der Waals surface area contributed by atoms with Crippen molar-refractivity contribution in [1.29, 1.82) is 0 Å². The zero-order chi connectivity index (χ0) is 19.4. The highest BCUT2D eigenvalue weighted by Gasteiger charge is 2.31. The highest BCUT2D eigenvalue weighted by Crippen LogP contribution is 2.25. The van der Waals surface area contributed by atoms with E-state index in [0.29, 0.717) is 57.2 Å². The first-order valence-electron chi connectivity index (χ1n) is 9.52. The second kappa shape index (κ2) is 8.50. The summed E-state index contributed by atoms with van der Waals surface area (Å²) in [4.78, 5) is 37.7. The lowest BCUT2D eigenvalue weighted by molar-refractivity contribution is -0.142. The number of urea groups is 1. The van der Waals surface area contributed by atoms with E-state index in [1.54, 1.807) is 4.90 Å². The predicted molar refractivity (Wildman–Crippen MR) is 96.9 cm³/mol. The van der Waals surface area contributed by atoms with Gasteiger partial charge in [0.2, 0.25) is 0 Å². The standard InChI is InChI=1S/C20H25FN2O4/c21-16-5-1-13(2-6-16)18(24)14-9-11-23(12-10-14)20(27)22-17-7-3-15(4-8-17)19(25)26/h1-2,5-6,14-15,17H,3-4,7-12H2,(H,22,27)(H,25,26). The molecule has 27 heavy (non-hydrogen) atoms. The molecule has 0 radical (unpaired) electrons. The molecule has 1 saturated carbocycles. The number of nitrogens with one attached hydrogen (secondary N) is 1. The largest absolute Gasteiger partial charge is 0.481 e. The van der Waals surface area contributed by atoms with E-state index in [-0.39, 0.29) is 35.5 Å². The molecular formula is C20H25FN2O4. The monoisotopic (exact) mass is 376 g/mol. The Hall–Kier alpha value is -2.44. The summed E-state index contributed by atoms with van der Waals surface area (Å²) in [7, 11) is 0. The number of piperidine rings is 1. The number of hydrogen-bond acceptors (Lipinski definition) is 3. The van der Waals surface area contributed by atoms with E-state index in [0.717, 1.165) is 0 Å². The number of aliphatic carboxylic acids is 1. The number of carbonyl (C=O) groups excluding carboxylic acids is 2. The fourth-order valence-electron chi connectivity index (χ4n) is 3.95. The van der Waals surface area contributed by atoms with Crippen molar-refractivity contribution < 1.29 is 23.9 Å². The molecule has 1 aliphatic heterocycles. The molecule has 7 heteroatoms. The Morgan fingerprint density at radius 2 is 1.52 bits per heavy atom. The average Bonchev–Trinajstić information content (AvgIpc) is 2.68. The van der Waals surface area contributed by atoms with E-state index >= 15 is 0 Å². The van der Waals surface area contributed by atoms with Gasteiger partial charge in [-0.05, 0) is 62.8 Å². The van der Waals surface area contributed by atoms with Gasteiger partial charge in [-0.15, -0.1) is 0 Å². The number of carbonyl (C=O) groups is 3. The highest BCUT2D eigenvalue weighted by molar-refractivity contribution is 5.98. The molecule has 0 spiro atoms. The van der Waals surface area contributed by atoms with E-state index in [4.69, 9.17) is 5.11 Å². The molecule has 1 aliphatic carbocycles. The first-order valence-corrected chi connectivity index (χ1v) is 9.52. The van der Waals surface area contributed by atoms with Crippen LogP contribution in [0.3, 0.4) is 0 Å². The van der Waals surface area contributed by atoms with Crippen LogP contribution in [0.1, 0.15) is 48.9 Å². The number of likely N-dealkylation sites (tertiary alicyclic amines) is 1. The van der Waals surface area contributed by atoms with Crippen molar-refractivity contribution in [3.05, 3.63) is 35.6 Å². The van der Waals surface area contributed by atoms with Gasteiger partial charge in [-0.2, -0.15) is 0 Å². The van der Waals surface area contributed by atoms with Crippen molar-refractivity contribution in [3.8, 4) is 0 Å². The van der Waals surface area contributed by atoms with Crippen molar-refractivity contribution in [2.45, 2.75) is 44.6 Å². The van der Waals surface area contributed by atoms with Crippen LogP contribution >= 0.6 is 0 Å². The number of hydrogen-bond donors (Lipinski definition) is 2. The van der Waals surface area contributed by atoms with E-state index in [9.17, 15) is 18.8 Å². The Morgan fingerprint density at radius 3 is 2.07 bits per heavy atom. The number of halogens is 1. The first kappa shape index (κ1) is 19.3. The minimum absolute atomic E-state index is 0.00190. The minimum Gasteiger partial charge on any atom is -0.481 e. The molecule has 2 amide bonds. The van der Waals surface area contributed by atoms with Gasteiger partial charge >= 0.3 is 12.0 Å². The summed E-state index contributed by atoms with van der Waals surface area (Å²) in [5.41, 5.74) is 0.509. The maximum absolute atomic E-state index is 13.0. The van der Waals surface area contributed by atoms with Crippen LogP contribution < -0.4 is 5.32 Å². The molecule has 3 rings (SSSR count). The van der Waals surface area contributed by atoms with Crippen LogP contribution in [-0.2, 0) is 4.79 Å². The normalized spacial score (nSPS) is 23.7. The number of carboxylic acid groups (broad SMARTS) is 1. The van der Waals surface area contributed by atoms with Gasteiger partial charge in [0.1, 0.15) is 5.82 Å². The Morgan fingerprint density at radius 1 is 0.926 bits per heavy atom. The van der Waals surface area contributed by atoms with Crippen molar-refractivity contribution in [1.82, 2.24) is 10.2 Å². The average molecular weight is 376 g/mol. The lowest BCUT2D eigenvalue weighted by Crippen LogP contribution is -2.49. The number of benzene rings is 1. The summed E-state index contributed by atoms with van der Waals surface area (Å²) < 4.78 is 13.0. The number of nitrogens with zero attached hydrogens (tertiary/aromatic N) is 1. The van der Waals surface area contributed by atoms with Crippen LogP contribution in [0.4, 0.5) is 9.18 Å². The summed E-state index contributed by atoms with van der Waals surface area (Å²) in [6.45, 7) is 1.02. The Labute approximate surface area is 157 Å². The maximum atomic E-state index is 13.0. The maximum Gasteiger partial charge on any atom is 0.317 e. The zero-order valence-corrected chi connectivity index (χ0v) is 15.2. The third-order valence-electron chi connectivity index (χ3n) is 5.69. The minimum atomic E-state index is -0.757. The Bertz CT molecular complexity index is 690. The fraction of sp³-hybridized carbons (Fsp3) is 0.550. The van der Waals surface area contributed by atoms with Crippen LogP contribution in [0.2, 0.25) is 0 Å². The van der Waals surface area contributed by atoms with Gasteiger partial charge in [0.15, 0.2) is 5.78 Å². The molecule has 0 unspecified atom stereocenters. The summed E-state index contributed by atoms with van der Waals surface area (Å²) in [6, 6.07) is 5.46. The second-order valence-corrected chi connectivity index (χ2v) is 7.47. The predicted octanol–water partition coefficient (Wildman–Crippen LogP) is 3.07. The summed E-state index contributed by atoms with van der Waals surface area (Å²) in [5.74, 6) is -1.57. The lowest BCUT2D eigenvalue weighted by atomic mass is 9.86. The van der Waals surface area contributed by atoms with E-state index < -0.39 is 5.97 Å². The molecule has 6 nitrogen and oxygen atoms in total. The van der Waals surface area contributed by atoms with Gasteiger partial charge in [-0.25, -0.2) is 9.18 Å². The topological polar surface area (TPSA) is 86.7 Å². The lowest BCUT2D eigenvalue weighted by Gasteiger charge is -2.34. The molecule has 0 atom stereocenters. The molecule has 2 aliphatic rings. The molecular weight excluding hydrogens is 351 g/mol. The van der Waals surface area contributed by atoms with Crippen LogP contribution in [0, 0.1) is 17.7 Å². The third-order valence-corrected chi connectivity index (χ3v) is 5.69. The van der Waals surface area contributed by atoms with Gasteiger partial charge in [0, 0.05) is 30.6 Å². The van der Waals surface area contributed by atoms with Crippen molar-refractivity contribution in [2.24, 2.45) is 11.8 Å². The van der Waals surface area contributed by atoms with E-state index in [2.05, 4.69) is 5.32 Å². The molecule has 1 aromatic rings. The summed E-state index contributed by atoms with van der Waals surface area (Å²) >= 11 is 0. The van der Waals surface area contributed by atoms with Crippen LogP contribution in [0.25, 0.3) is 0 Å². The van der Waals surface area contributed by atoms with Gasteiger partial charge in [0.05, 0.1) is 5.92 Å². The molecule has 0 bridgehead atoms. The van der Waals surface area contributed by atoms with E-state index in [1.807, 2.05) is 0 Å². The zero-order valence-electron chi connectivity index (χ0n) is 15.2. The molecule has 2 N–H and O–H groups in total. The number of amides is 2. The Kier molecular flexibility index (Phi) is 6.08.